The van der Waals surface area contributed by atoms with E-state index < -0.39 is 0 Å². The third kappa shape index (κ3) is 2.72. The van der Waals surface area contributed by atoms with Gasteiger partial charge in [0, 0.05) is 17.5 Å². The molecule has 0 aliphatic heterocycles. The van der Waals surface area contributed by atoms with Gasteiger partial charge in [-0.05, 0) is 30.0 Å². The highest BCUT2D eigenvalue weighted by Gasteiger charge is 2.38. The molecule has 15 heavy (non-hydrogen) atoms. The minimum Gasteiger partial charge on any atom is -0.352 e. The number of carbonyl (C=O) groups excluding carboxylic acids is 1. The fourth-order valence-corrected chi connectivity index (χ4v) is 1.74. The quantitative estimate of drug-likeness (QED) is 0.839. The van der Waals surface area contributed by atoms with Crippen molar-refractivity contribution >= 4 is 17.5 Å². The lowest BCUT2D eigenvalue weighted by molar-refractivity contribution is -0.122. The summed E-state index contributed by atoms with van der Waals surface area (Å²) >= 11 is 5.77. The van der Waals surface area contributed by atoms with Gasteiger partial charge in [-0.25, -0.2) is 0 Å². The summed E-state index contributed by atoms with van der Waals surface area (Å²) in [5.74, 6) is 0.991. The average molecular weight is 224 g/mol. The zero-order valence-electron chi connectivity index (χ0n) is 8.66. The van der Waals surface area contributed by atoms with Crippen molar-refractivity contribution in [1.29, 1.82) is 0 Å². The van der Waals surface area contributed by atoms with E-state index in [0.717, 1.165) is 17.0 Å². The maximum atomic E-state index is 11.5. The van der Waals surface area contributed by atoms with Gasteiger partial charge in [-0.1, -0.05) is 30.7 Å². The smallest absolute Gasteiger partial charge is 0.223 e. The fourth-order valence-electron chi connectivity index (χ4n) is 1.61. The normalized spacial score (nSPS) is 23.6. The summed E-state index contributed by atoms with van der Waals surface area (Å²) < 4.78 is 0. The van der Waals surface area contributed by atoms with Gasteiger partial charge in [-0.15, -0.1) is 0 Å². The van der Waals surface area contributed by atoms with E-state index in [4.69, 9.17) is 11.6 Å². The van der Waals surface area contributed by atoms with Crippen molar-refractivity contribution in [3.8, 4) is 0 Å². The van der Waals surface area contributed by atoms with Crippen LogP contribution in [0.15, 0.2) is 24.3 Å². The summed E-state index contributed by atoms with van der Waals surface area (Å²) in [6.45, 7) is 2.70. The van der Waals surface area contributed by atoms with E-state index in [1.165, 1.54) is 0 Å². The Bertz CT molecular complexity index is 360. The molecule has 80 valence electrons. The van der Waals surface area contributed by atoms with E-state index in [0.29, 0.717) is 12.5 Å². The maximum Gasteiger partial charge on any atom is 0.223 e. The molecule has 1 amide bonds. The number of benzene rings is 1. The van der Waals surface area contributed by atoms with Crippen molar-refractivity contribution in [2.75, 3.05) is 0 Å². The first-order valence-electron chi connectivity index (χ1n) is 5.19. The average Bonchev–Trinajstić information content (AvgIpc) is 2.94. The molecule has 1 aromatic rings. The van der Waals surface area contributed by atoms with E-state index in [1.54, 1.807) is 0 Å². The van der Waals surface area contributed by atoms with Crippen molar-refractivity contribution in [1.82, 2.24) is 5.32 Å². The van der Waals surface area contributed by atoms with Crippen LogP contribution in [0.2, 0.25) is 5.02 Å². The molecular weight excluding hydrogens is 210 g/mol. The molecule has 1 fully saturated rings. The summed E-state index contributed by atoms with van der Waals surface area (Å²) in [5.41, 5.74) is 1.08. The Morgan fingerprint density at radius 2 is 2.07 bits per heavy atom. The van der Waals surface area contributed by atoms with Crippen molar-refractivity contribution in [3.05, 3.63) is 34.9 Å². The van der Waals surface area contributed by atoms with Gasteiger partial charge in [-0.3, -0.25) is 4.79 Å². The first-order chi connectivity index (χ1) is 7.16. The predicted octanol–water partition coefficient (Wildman–Crippen LogP) is 2.61. The lowest BCUT2D eigenvalue weighted by Crippen LogP contribution is -2.24. The molecule has 1 saturated carbocycles. The Morgan fingerprint density at radius 3 is 2.60 bits per heavy atom. The number of hydrogen-bond donors (Lipinski definition) is 1. The van der Waals surface area contributed by atoms with Crippen LogP contribution in [0.1, 0.15) is 18.9 Å². The van der Waals surface area contributed by atoms with Crippen LogP contribution >= 0.6 is 11.6 Å². The minimum absolute atomic E-state index is 0.178. The third-order valence-corrected chi connectivity index (χ3v) is 3.08. The Labute approximate surface area is 94.6 Å². The lowest BCUT2D eigenvalue weighted by Gasteiger charge is -2.04. The highest BCUT2D eigenvalue weighted by atomic mass is 35.5. The summed E-state index contributed by atoms with van der Waals surface area (Å²) in [6.07, 6.45) is 1.03. The van der Waals surface area contributed by atoms with Crippen molar-refractivity contribution < 1.29 is 4.79 Å². The van der Waals surface area contributed by atoms with Crippen LogP contribution in [0.4, 0.5) is 0 Å². The minimum atomic E-state index is 0.178. The van der Waals surface area contributed by atoms with E-state index in [2.05, 4.69) is 12.2 Å². The summed E-state index contributed by atoms with van der Waals surface area (Å²) in [4.78, 5) is 11.5. The van der Waals surface area contributed by atoms with Crippen LogP contribution in [-0.4, -0.2) is 5.91 Å². The third-order valence-electron chi connectivity index (χ3n) is 2.83. The Balaban J connectivity index is 1.82. The van der Waals surface area contributed by atoms with Crippen molar-refractivity contribution in [2.24, 2.45) is 11.8 Å². The number of hydrogen-bond acceptors (Lipinski definition) is 1. The maximum absolute atomic E-state index is 11.5. The zero-order valence-corrected chi connectivity index (χ0v) is 9.42. The molecule has 2 rings (SSSR count). The lowest BCUT2D eigenvalue weighted by atomic mass is 10.2. The second-order valence-corrected chi connectivity index (χ2v) is 4.60. The molecule has 0 radical (unpaired) electrons. The molecule has 0 saturated heterocycles. The zero-order chi connectivity index (χ0) is 10.8. The van der Waals surface area contributed by atoms with Crippen LogP contribution in [0, 0.1) is 11.8 Å². The van der Waals surface area contributed by atoms with Gasteiger partial charge < -0.3 is 5.32 Å². The van der Waals surface area contributed by atoms with E-state index in [9.17, 15) is 4.79 Å². The van der Waals surface area contributed by atoms with Crippen LogP contribution in [-0.2, 0) is 11.3 Å². The van der Waals surface area contributed by atoms with Crippen molar-refractivity contribution in [2.45, 2.75) is 19.9 Å². The van der Waals surface area contributed by atoms with Crippen LogP contribution < -0.4 is 5.32 Å². The molecule has 0 bridgehead atoms. The first-order valence-corrected chi connectivity index (χ1v) is 5.57. The number of halogens is 1. The van der Waals surface area contributed by atoms with Gasteiger partial charge in [0.15, 0.2) is 0 Å². The monoisotopic (exact) mass is 223 g/mol. The van der Waals surface area contributed by atoms with Crippen LogP contribution in [0.5, 0.6) is 0 Å². The van der Waals surface area contributed by atoms with Crippen LogP contribution in [0.25, 0.3) is 0 Å². The molecule has 0 spiro atoms. The van der Waals surface area contributed by atoms with E-state index in [1.807, 2.05) is 24.3 Å². The van der Waals surface area contributed by atoms with Gasteiger partial charge in [0.2, 0.25) is 5.91 Å². The molecule has 1 N–H and O–H groups in total. The summed E-state index contributed by atoms with van der Waals surface area (Å²) in [5, 5.41) is 3.65. The topological polar surface area (TPSA) is 29.1 Å². The van der Waals surface area contributed by atoms with Gasteiger partial charge in [0.05, 0.1) is 0 Å². The number of amides is 1. The second-order valence-electron chi connectivity index (χ2n) is 4.16. The SMILES string of the molecule is C[C@H]1C[C@@H]1C(=O)NCc1ccc(Cl)cc1. The van der Waals surface area contributed by atoms with Crippen molar-refractivity contribution in [3.63, 3.8) is 0 Å². The molecule has 2 atom stereocenters. The standard InChI is InChI=1S/C12H14ClNO/c1-8-6-11(8)12(15)14-7-9-2-4-10(13)5-3-9/h2-5,8,11H,6-7H2,1H3,(H,14,15)/t8-,11-/m0/s1. The number of nitrogens with one attached hydrogen (secondary N) is 1. The molecule has 1 aromatic carbocycles. The molecule has 0 heterocycles. The van der Waals surface area contributed by atoms with Gasteiger partial charge >= 0.3 is 0 Å². The van der Waals surface area contributed by atoms with Gasteiger partial charge in [0.25, 0.3) is 0 Å². The van der Waals surface area contributed by atoms with Gasteiger partial charge in [0.1, 0.15) is 0 Å². The molecule has 0 aromatic heterocycles. The summed E-state index contributed by atoms with van der Waals surface area (Å²) in [6, 6.07) is 7.53. The van der Waals surface area contributed by atoms with E-state index >= 15 is 0 Å². The molecule has 1 aliphatic rings. The van der Waals surface area contributed by atoms with Crippen LogP contribution in [0.3, 0.4) is 0 Å². The highest BCUT2D eigenvalue weighted by Crippen LogP contribution is 2.37. The Hall–Kier alpha value is -1.02. The highest BCUT2D eigenvalue weighted by molar-refractivity contribution is 6.30. The number of rotatable bonds is 3. The first kappa shape index (κ1) is 10.5. The summed E-state index contributed by atoms with van der Waals surface area (Å²) in [7, 11) is 0. The Kier molecular flexibility index (Phi) is 2.96. The number of carbonyl (C=O) groups is 1. The largest absolute Gasteiger partial charge is 0.352 e. The fraction of sp³-hybridized carbons (Fsp3) is 0.417. The molecular formula is C12H14ClNO. The van der Waals surface area contributed by atoms with Gasteiger partial charge in [-0.2, -0.15) is 0 Å². The molecule has 2 nitrogen and oxygen atoms in total. The van der Waals surface area contributed by atoms with E-state index in [-0.39, 0.29) is 11.8 Å². The predicted molar refractivity (Wildman–Crippen MR) is 60.6 cm³/mol. The second kappa shape index (κ2) is 4.23. The Morgan fingerprint density at radius 1 is 1.47 bits per heavy atom. The molecule has 0 unspecified atom stereocenters. The molecule has 1 aliphatic carbocycles. The molecule has 3 heteroatoms.